The minimum absolute atomic E-state index is 0.0801. The summed E-state index contributed by atoms with van der Waals surface area (Å²) >= 11 is 5.26. The molecule has 0 fully saturated rings. The van der Waals surface area contributed by atoms with Gasteiger partial charge in [-0.25, -0.2) is 13.6 Å². The number of benzene rings is 2. The van der Waals surface area contributed by atoms with Crippen LogP contribution in [0.3, 0.4) is 0 Å². The van der Waals surface area contributed by atoms with Crippen LogP contribution < -0.4 is 15.8 Å². The Kier molecular flexibility index (Phi) is 5.03. The van der Waals surface area contributed by atoms with Crippen molar-refractivity contribution in [1.29, 1.82) is 0 Å². The quantitative estimate of drug-likeness (QED) is 0.742. The number of hydrogen-bond acceptors (Lipinski definition) is 3. The third kappa shape index (κ3) is 4.51. The first-order chi connectivity index (χ1) is 10.7. The molecular formula is C16H19N3O2S2. The number of anilines is 2. The standard InChI is InChI=1S/C16H19N3O2S2/c1-10-4-6-13(8-12(10)3)18-16(22)19-14-7-5-11(2)15(9-14)23(17,20)21/h4-9H,1-3H3,(H2,17,20,21)(H2,18,19,22). The van der Waals surface area contributed by atoms with E-state index in [4.69, 9.17) is 17.4 Å². The van der Waals surface area contributed by atoms with Gasteiger partial charge in [0.05, 0.1) is 4.90 Å². The second-order valence-electron chi connectivity index (χ2n) is 5.40. The van der Waals surface area contributed by atoms with Crippen LogP contribution in [0.25, 0.3) is 0 Å². The Balaban J connectivity index is 2.16. The van der Waals surface area contributed by atoms with Gasteiger partial charge in [-0.3, -0.25) is 0 Å². The fourth-order valence-electron chi connectivity index (χ4n) is 2.10. The molecule has 0 bridgehead atoms. The van der Waals surface area contributed by atoms with E-state index in [1.54, 1.807) is 19.1 Å². The summed E-state index contributed by atoms with van der Waals surface area (Å²) in [5, 5.41) is 11.6. The molecule has 0 atom stereocenters. The summed E-state index contributed by atoms with van der Waals surface area (Å²) in [5.74, 6) is 0. The number of rotatable bonds is 3. The fourth-order valence-corrected chi connectivity index (χ4v) is 3.14. The fraction of sp³-hybridized carbons (Fsp3) is 0.188. The summed E-state index contributed by atoms with van der Waals surface area (Å²) in [6.45, 7) is 5.75. The lowest BCUT2D eigenvalue weighted by molar-refractivity contribution is 0.597. The zero-order valence-corrected chi connectivity index (χ0v) is 14.8. The summed E-state index contributed by atoms with van der Waals surface area (Å²) in [6, 6.07) is 10.8. The zero-order valence-electron chi connectivity index (χ0n) is 13.2. The van der Waals surface area contributed by atoms with E-state index in [0.29, 0.717) is 16.4 Å². The van der Waals surface area contributed by atoms with E-state index < -0.39 is 10.0 Å². The first-order valence-corrected chi connectivity index (χ1v) is 8.91. The first kappa shape index (κ1) is 17.4. The normalized spacial score (nSPS) is 11.1. The molecular weight excluding hydrogens is 330 g/mol. The van der Waals surface area contributed by atoms with Crippen molar-refractivity contribution >= 4 is 38.7 Å². The van der Waals surface area contributed by atoms with Crippen LogP contribution in [0.1, 0.15) is 16.7 Å². The van der Waals surface area contributed by atoms with E-state index in [9.17, 15) is 8.42 Å². The van der Waals surface area contributed by atoms with E-state index in [1.807, 2.05) is 32.0 Å². The average Bonchev–Trinajstić information content (AvgIpc) is 2.44. The molecule has 0 unspecified atom stereocenters. The minimum atomic E-state index is -3.76. The molecule has 7 heteroatoms. The summed E-state index contributed by atoms with van der Waals surface area (Å²) in [6.07, 6.45) is 0. The molecule has 0 spiro atoms. The van der Waals surface area contributed by atoms with Gasteiger partial charge >= 0.3 is 0 Å². The average molecular weight is 349 g/mol. The molecule has 2 rings (SSSR count). The van der Waals surface area contributed by atoms with Crippen LogP contribution in [0.5, 0.6) is 0 Å². The van der Waals surface area contributed by atoms with Crippen LogP contribution in [0.15, 0.2) is 41.3 Å². The Bertz CT molecular complexity index is 862. The lowest BCUT2D eigenvalue weighted by Crippen LogP contribution is -2.20. The van der Waals surface area contributed by atoms with Gasteiger partial charge in [-0.15, -0.1) is 0 Å². The number of nitrogens with one attached hydrogen (secondary N) is 2. The Labute approximate surface area is 142 Å². The van der Waals surface area contributed by atoms with Gasteiger partial charge in [0, 0.05) is 11.4 Å². The van der Waals surface area contributed by atoms with Crippen molar-refractivity contribution in [2.45, 2.75) is 25.7 Å². The molecule has 2 aromatic rings. The van der Waals surface area contributed by atoms with Gasteiger partial charge in [0.2, 0.25) is 10.0 Å². The predicted octanol–water partition coefficient (Wildman–Crippen LogP) is 3.07. The van der Waals surface area contributed by atoms with Crippen molar-refractivity contribution in [2.75, 3.05) is 10.6 Å². The van der Waals surface area contributed by atoms with Crippen molar-refractivity contribution in [3.05, 3.63) is 53.1 Å². The largest absolute Gasteiger partial charge is 0.332 e. The first-order valence-electron chi connectivity index (χ1n) is 6.95. The maximum atomic E-state index is 11.6. The lowest BCUT2D eigenvalue weighted by atomic mass is 10.1. The van der Waals surface area contributed by atoms with Crippen molar-refractivity contribution < 1.29 is 8.42 Å². The van der Waals surface area contributed by atoms with Gasteiger partial charge in [-0.05, 0) is 73.9 Å². The molecule has 0 aliphatic carbocycles. The smallest absolute Gasteiger partial charge is 0.238 e. The molecule has 0 aliphatic heterocycles. The third-order valence-electron chi connectivity index (χ3n) is 3.52. The molecule has 2 aromatic carbocycles. The molecule has 5 nitrogen and oxygen atoms in total. The van der Waals surface area contributed by atoms with Crippen LogP contribution >= 0.6 is 12.2 Å². The highest BCUT2D eigenvalue weighted by Crippen LogP contribution is 2.20. The van der Waals surface area contributed by atoms with Crippen molar-refractivity contribution in [3.8, 4) is 0 Å². The molecule has 122 valence electrons. The SMILES string of the molecule is Cc1ccc(NC(=S)Nc2ccc(C)c(S(N)(=O)=O)c2)cc1C. The summed E-state index contributed by atoms with van der Waals surface area (Å²) in [5.41, 5.74) is 4.37. The molecule has 23 heavy (non-hydrogen) atoms. The highest BCUT2D eigenvalue weighted by molar-refractivity contribution is 7.89. The molecule has 0 saturated heterocycles. The highest BCUT2D eigenvalue weighted by atomic mass is 32.2. The van der Waals surface area contributed by atoms with Crippen LogP contribution in [-0.4, -0.2) is 13.5 Å². The van der Waals surface area contributed by atoms with Crippen LogP contribution in [0.2, 0.25) is 0 Å². The minimum Gasteiger partial charge on any atom is -0.332 e. The van der Waals surface area contributed by atoms with Gasteiger partial charge in [-0.2, -0.15) is 0 Å². The van der Waals surface area contributed by atoms with Crippen molar-refractivity contribution in [2.24, 2.45) is 5.14 Å². The number of nitrogens with two attached hydrogens (primary N) is 1. The van der Waals surface area contributed by atoms with E-state index in [-0.39, 0.29) is 4.90 Å². The second kappa shape index (κ2) is 6.66. The Morgan fingerprint density at radius 1 is 0.913 bits per heavy atom. The zero-order chi connectivity index (χ0) is 17.2. The molecule has 0 amide bonds. The molecule has 0 heterocycles. The molecule has 0 aromatic heterocycles. The van der Waals surface area contributed by atoms with Crippen LogP contribution in [0, 0.1) is 20.8 Å². The molecule has 4 N–H and O–H groups in total. The van der Waals surface area contributed by atoms with Gasteiger partial charge in [0.15, 0.2) is 5.11 Å². The Morgan fingerprint density at radius 2 is 1.43 bits per heavy atom. The topological polar surface area (TPSA) is 84.2 Å². The van der Waals surface area contributed by atoms with E-state index in [2.05, 4.69) is 10.6 Å². The second-order valence-corrected chi connectivity index (χ2v) is 7.34. The number of sulfonamides is 1. The maximum Gasteiger partial charge on any atom is 0.238 e. The number of primary sulfonamides is 1. The summed E-state index contributed by atoms with van der Waals surface area (Å²) < 4.78 is 23.1. The monoisotopic (exact) mass is 349 g/mol. The maximum absolute atomic E-state index is 11.6. The van der Waals surface area contributed by atoms with Gasteiger partial charge in [-0.1, -0.05) is 12.1 Å². The van der Waals surface area contributed by atoms with Crippen molar-refractivity contribution in [3.63, 3.8) is 0 Å². The lowest BCUT2D eigenvalue weighted by Gasteiger charge is -2.13. The Morgan fingerprint density at radius 3 is 1.96 bits per heavy atom. The molecule has 0 radical (unpaired) electrons. The van der Waals surface area contributed by atoms with Gasteiger partial charge in [0.25, 0.3) is 0 Å². The van der Waals surface area contributed by atoms with Crippen LogP contribution in [0.4, 0.5) is 11.4 Å². The van der Waals surface area contributed by atoms with E-state index >= 15 is 0 Å². The highest BCUT2D eigenvalue weighted by Gasteiger charge is 2.12. The van der Waals surface area contributed by atoms with E-state index in [0.717, 1.165) is 11.3 Å². The summed E-state index contributed by atoms with van der Waals surface area (Å²) in [4.78, 5) is 0.0801. The van der Waals surface area contributed by atoms with Gasteiger partial charge in [0.1, 0.15) is 0 Å². The third-order valence-corrected chi connectivity index (χ3v) is 4.77. The number of thiocarbonyl (C=S) groups is 1. The summed E-state index contributed by atoms with van der Waals surface area (Å²) in [7, 11) is -3.76. The number of aryl methyl sites for hydroxylation is 3. The number of hydrogen-bond donors (Lipinski definition) is 3. The molecule has 0 saturated carbocycles. The molecule has 0 aliphatic rings. The van der Waals surface area contributed by atoms with E-state index in [1.165, 1.54) is 11.6 Å². The Hall–Kier alpha value is -1.96. The van der Waals surface area contributed by atoms with Crippen LogP contribution in [-0.2, 0) is 10.0 Å². The van der Waals surface area contributed by atoms with Gasteiger partial charge < -0.3 is 10.6 Å². The van der Waals surface area contributed by atoms with Crippen molar-refractivity contribution in [1.82, 2.24) is 0 Å². The predicted molar refractivity (Wildman–Crippen MR) is 98.3 cm³/mol.